The van der Waals surface area contributed by atoms with Crippen molar-refractivity contribution in [2.45, 2.75) is 19.3 Å². The zero-order valence-corrected chi connectivity index (χ0v) is 13.6. The van der Waals surface area contributed by atoms with Crippen molar-refractivity contribution >= 4 is 37.8 Å². The molecule has 0 spiro atoms. The monoisotopic (exact) mass is 384 g/mol. The molecule has 2 rings (SSSR count). The Labute approximate surface area is 129 Å². The Morgan fingerprint density at radius 1 is 1.37 bits per heavy atom. The lowest BCUT2D eigenvalue weighted by Crippen LogP contribution is -1.88. The molecule has 0 amide bonds. The number of carboxylic acids is 1. The van der Waals surface area contributed by atoms with Crippen molar-refractivity contribution in [2.75, 3.05) is 0 Å². The van der Waals surface area contributed by atoms with E-state index in [9.17, 15) is 4.79 Å². The summed E-state index contributed by atoms with van der Waals surface area (Å²) in [6.07, 6.45) is 6.36. The van der Waals surface area contributed by atoms with Gasteiger partial charge in [-0.15, -0.1) is 0 Å². The summed E-state index contributed by atoms with van der Waals surface area (Å²) >= 11 is 6.97. The number of carbonyl (C=O) groups is 1. The van der Waals surface area contributed by atoms with E-state index < -0.39 is 5.97 Å². The minimum absolute atomic E-state index is 0.519. The number of rotatable bonds is 4. The Kier molecular flexibility index (Phi) is 4.63. The molecule has 100 valence electrons. The topological polar surface area (TPSA) is 37.3 Å². The van der Waals surface area contributed by atoms with E-state index in [1.807, 2.05) is 12.1 Å². The first-order valence-corrected chi connectivity index (χ1v) is 7.60. The molecule has 1 fully saturated rings. The van der Waals surface area contributed by atoms with Crippen molar-refractivity contribution in [3.05, 3.63) is 56.5 Å². The standard InChI is InChI=1S/C15H14Br2O2/c1-9(6-15(18)19)2-3-10-7-12(10)11-4-5-13(16)14(17)8-11/h2-6,8,10,12H,7H2,1H3,(H,18,19). The van der Waals surface area contributed by atoms with Gasteiger partial charge in [-0.05, 0) is 80.3 Å². The van der Waals surface area contributed by atoms with Gasteiger partial charge in [-0.2, -0.15) is 0 Å². The van der Waals surface area contributed by atoms with Gasteiger partial charge in [0.15, 0.2) is 0 Å². The van der Waals surface area contributed by atoms with Crippen molar-refractivity contribution < 1.29 is 9.90 Å². The van der Waals surface area contributed by atoms with E-state index in [0.29, 0.717) is 11.8 Å². The van der Waals surface area contributed by atoms with Gasteiger partial charge in [0.2, 0.25) is 0 Å². The lowest BCUT2D eigenvalue weighted by molar-refractivity contribution is -0.131. The van der Waals surface area contributed by atoms with Gasteiger partial charge < -0.3 is 5.11 Å². The predicted molar refractivity (Wildman–Crippen MR) is 83.2 cm³/mol. The SMILES string of the molecule is CC(C=CC1CC1c1ccc(Br)c(Br)c1)=CC(=O)O. The van der Waals surface area contributed by atoms with E-state index in [1.165, 1.54) is 11.6 Å². The van der Waals surface area contributed by atoms with Crippen LogP contribution in [0.3, 0.4) is 0 Å². The minimum Gasteiger partial charge on any atom is -0.478 e. The third-order valence-corrected chi connectivity index (χ3v) is 5.05. The molecule has 1 saturated carbocycles. The average Bonchev–Trinajstić information content (AvgIpc) is 3.09. The molecule has 1 aromatic carbocycles. The maximum atomic E-state index is 10.5. The molecule has 0 heterocycles. The van der Waals surface area contributed by atoms with Crippen LogP contribution in [-0.4, -0.2) is 11.1 Å². The molecule has 0 bridgehead atoms. The van der Waals surface area contributed by atoms with Crippen molar-refractivity contribution in [2.24, 2.45) is 5.92 Å². The maximum Gasteiger partial charge on any atom is 0.328 e. The highest BCUT2D eigenvalue weighted by molar-refractivity contribution is 9.13. The van der Waals surface area contributed by atoms with Crippen LogP contribution >= 0.6 is 31.9 Å². The van der Waals surface area contributed by atoms with Gasteiger partial charge in [-0.3, -0.25) is 0 Å². The molecule has 2 unspecified atom stereocenters. The fourth-order valence-electron chi connectivity index (χ4n) is 2.07. The summed E-state index contributed by atoms with van der Waals surface area (Å²) in [5.41, 5.74) is 2.10. The molecule has 0 aromatic heterocycles. The van der Waals surface area contributed by atoms with Gasteiger partial charge in [0, 0.05) is 15.0 Å². The quantitative estimate of drug-likeness (QED) is 0.591. The molecule has 4 heteroatoms. The normalized spacial score (nSPS) is 22.8. The lowest BCUT2D eigenvalue weighted by Gasteiger charge is -2.01. The van der Waals surface area contributed by atoms with Crippen LogP contribution in [0.15, 0.2) is 50.9 Å². The van der Waals surface area contributed by atoms with Crippen LogP contribution < -0.4 is 0 Å². The van der Waals surface area contributed by atoms with Crippen LogP contribution in [0.4, 0.5) is 0 Å². The average molecular weight is 386 g/mol. The van der Waals surface area contributed by atoms with Gasteiger partial charge in [0.05, 0.1) is 0 Å². The number of halogens is 2. The summed E-state index contributed by atoms with van der Waals surface area (Å²) in [6.45, 7) is 1.80. The second-order valence-corrected chi connectivity index (χ2v) is 6.47. The van der Waals surface area contributed by atoms with Crippen molar-refractivity contribution in [3.8, 4) is 0 Å². The van der Waals surface area contributed by atoms with E-state index in [0.717, 1.165) is 20.9 Å². The first kappa shape index (κ1) is 14.5. The van der Waals surface area contributed by atoms with E-state index in [2.05, 4.69) is 50.1 Å². The highest BCUT2D eigenvalue weighted by atomic mass is 79.9. The first-order chi connectivity index (χ1) is 8.97. The molecule has 1 aliphatic rings. The molecule has 2 atom stereocenters. The number of aliphatic carboxylic acids is 1. The largest absolute Gasteiger partial charge is 0.478 e. The van der Waals surface area contributed by atoms with Crippen LogP contribution in [0.1, 0.15) is 24.8 Å². The number of hydrogen-bond acceptors (Lipinski definition) is 1. The van der Waals surface area contributed by atoms with Crippen LogP contribution in [0.5, 0.6) is 0 Å². The van der Waals surface area contributed by atoms with E-state index in [-0.39, 0.29) is 0 Å². The van der Waals surface area contributed by atoms with Gasteiger partial charge in [-0.1, -0.05) is 18.2 Å². The Morgan fingerprint density at radius 3 is 2.74 bits per heavy atom. The summed E-state index contributed by atoms with van der Waals surface area (Å²) in [5, 5.41) is 8.63. The molecule has 0 radical (unpaired) electrons. The number of benzene rings is 1. The molecule has 0 saturated heterocycles. The lowest BCUT2D eigenvalue weighted by atomic mass is 10.1. The molecule has 1 aromatic rings. The number of carboxylic acid groups (broad SMARTS) is 1. The second kappa shape index (κ2) is 6.06. The first-order valence-electron chi connectivity index (χ1n) is 6.01. The molecule has 1 N–H and O–H groups in total. The fourth-order valence-corrected chi connectivity index (χ4v) is 2.72. The maximum absolute atomic E-state index is 10.5. The van der Waals surface area contributed by atoms with Gasteiger partial charge in [0.1, 0.15) is 0 Å². The number of hydrogen-bond donors (Lipinski definition) is 1. The molecule has 19 heavy (non-hydrogen) atoms. The molecular weight excluding hydrogens is 372 g/mol. The van der Waals surface area contributed by atoms with Crippen LogP contribution in [0, 0.1) is 5.92 Å². The minimum atomic E-state index is -0.897. The summed E-state index contributed by atoms with van der Waals surface area (Å²) in [6, 6.07) is 6.32. The van der Waals surface area contributed by atoms with Gasteiger partial charge in [-0.25, -0.2) is 4.79 Å². The highest BCUT2D eigenvalue weighted by Gasteiger charge is 2.36. The fraction of sp³-hybridized carbons (Fsp3) is 0.267. The number of allylic oxidation sites excluding steroid dienone is 3. The zero-order chi connectivity index (χ0) is 14.0. The van der Waals surface area contributed by atoms with E-state index in [1.54, 1.807) is 6.92 Å². The predicted octanol–water partition coefficient (Wildman–Crippen LogP) is 4.90. The van der Waals surface area contributed by atoms with Crippen LogP contribution in [0.2, 0.25) is 0 Å². The summed E-state index contributed by atoms with van der Waals surface area (Å²) < 4.78 is 2.13. The van der Waals surface area contributed by atoms with Gasteiger partial charge in [0.25, 0.3) is 0 Å². The second-order valence-electron chi connectivity index (χ2n) is 4.77. The van der Waals surface area contributed by atoms with E-state index >= 15 is 0 Å². The Bertz CT molecular complexity index is 561. The summed E-state index contributed by atoms with van der Waals surface area (Å²) in [4.78, 5) is 10.5. The van der Waals surface area contributed by atoms with Crippen molar-refractivity contribution in [1.82, 2.24) is 0 Å². The molecule has 1 aliphatic carbocycles. The van der Waals surface area contributed by atoms with Crippen molar-refractivity contribution in [1.29, 1.82) is 0 Å². The molecular formula is C15H14Br2O2. The molecule has 0 aliphatic heterocycles. The smallest absolute Gasteiger partial charge is 0.328 e. The summed E-state index contributed by atoms with van der Waals surface area (Å²) in [7, 11) is 0. The highest BCUT2D eigenvalue weighted by Crippen LogP contribution is 2.49. The third kappa shape index (κ3) is 4.05. The van der Waals surface area contributed by atoms with Crippen molar-refractivity contribution in [3.63, 3.8) is 0 Å². The third-order valence-electron chi connectivity index (χ3n) is 3.17. The molecule has 2 nitrogen and oxygen atoms in total. The van der Waals surface area contributed by atoms with E-state index in [4.69, 9.17) is 5.11 Å². The Balaban J connectivity index is 1.99. The Morgan fingerprint density at radius 2 is 2.11 bits per heavy atom. The Hall–Kier alpha value is -0.870. The summed E-state index contributed by atoms with van der Waals surface area (Å²) in [5.74, 6) is 0.176. The zero-order valence-electron chi connectivity index (χ0n) is 10.4. The van der Waals surface area contributed by atoms with Crippen LogP contribution in [-0.2, 0) is 4.79 Å². The van der Waals surface area contributed by atoms with Gasteiger partial charge >= 0.3 is 5.97 Å². The van der Waals surface area contributed by atoms with Crippen LogP contribution in [0.25, 0.3) is 0 Å².